The van der Waals surface area contributed by atoms with Gasteiger partial charge in [0.15, 0.2) is 5.78 Å². The van der Waals surface area contributed by atoms with E-state index in [-0.39, 0.29) is 5.78 Å². The van der Waals surface area contributed by atoms with Crippen LogP contribution in [0, 0.1) is 0 Å². The van der Waals surface area contributed by atoms with Crippen LogP contribution < -0.4 is 4.74 Å². The first-order valence-electron chi connectivity index (χ1n) is 13.5. The lowest BCUT2D eigenvalue weighted by Gasteiger charge is -2.15. The van der Waals surface area contributed by atoms with Crippen LogP contribution in [0.3, 0.4) is 0 Å². The Kier molecular flexibility index (Phi) is 8.50. The fraction of sp³-hybridized carbons (Fsp3) is 0.500. The Bertz CT molecular complexity index is 1100. The number of hydrogen-bond donors (Lipinski definition) is 0. The molecular weight excluding hydrogens is 452 g/mol. The van der Waals surface area contributed by atoms with Crippen molar-refractivity contribution in [2.45, 2.75) is 51.4 Å². The molecule has 2 fully saturated rings. The van der Waals surface area contributed by atoms with Crippen LogP contribution >= 0.6 is 11.3 Å². The van der Waals surface area contributed by atoms with Gasteiger partial charge in [-0.15, -0.1) is 11.3 Å². The summed E-state index contributed by atoms with van der Waals surface area (Å²) in [5.74, 6) is 1.18. The van der Waals surface area contributed by atoms with Crippen molar-refractivity contribution in [1.82, 2.24) is 9.80 Å². The molecule has 2 aromatic carbocycles. The van der Waals surface area contributed by atoms with Crippen LogP contribution in [0.1, 0.15) is 61.7 Å². The molecule has 0 N–H and O–H groups in total. The molecule has 3 heterocycles. The van der Waals surface area contributed by atoms with Crippen LogP contribution in [-0.2, 0) is 0 Å². The van der Waals surface area contributed by atoms with Crippen molar-refractivity contribution in [3.05, 3.63) is 54.1 Å². The van der Waals surface area contributed by atoms with Gasteiger partial charge in [-0.25, -0.2) is 0 Å². The van der Waals surface area contributed by atoms with Gasteiger partial charge >= 0.3 is 0 Å². The number of rotatable bonds is 12. The Labute approximate surface area is 213 Å². The van der Waals surface area contributed by atoms with E-state index in [1.807, 2.05) is 6.07 Å². The van der Waals surface area contributed by atoms with Gasteiger partial charge in [0.05, 0.1) is 0 Å². The molecule has 5 heteroatoms. The number of benzene rings is 2. The molecular formula is C30H38N2O2S. The van der Waals surface area contributed by atoms with Gasteiger partial charge in [-0.05, 0) is 107 Å². The average molecular weight is 491 g/mol. The molecule has 3 aromatic rings. The summed E-state index contributed by atoms with van der Waals surface area (Å²) in [4.78, 5) is 19.6. The number of ether oxygens (including phenoxy) is 1. The number of unbranched alkanes of at least 4 members (excludes halogenated alkanes) is 2. The third kappa shape index (κ3) is 6.32. The SMILES string of the molecule is O=C(CCCCCN1CCCC1)c1c(-c2ccc(OCCN3CCCC3)cc2)sc2ccccc12. The molecule has 4 nitrogen and oxygen atoms in total. The largest absolute Gasteiger partial charge is 0.492 e. The monoisotopic (exact) mass is 490 g/mol. The molecule has 2 saturated heterocycles. The van der Waals surface area contributed by atoms with Gasteiger partial charge in [0.2, 0.25) is 0 Å². The highest BCUT2D eigenvalue weighted by Crippen LogP contribution is 2.40. The van der Waals surface area contributed by atoms with Crippen molar-refractivity contribution in [2.75, 3.05) is 45.9 Å². The van der Waals surface area contributed by atoms with E-state index in [0.29, 0.717) is 6.42 Å². The molecule has 0 atom stereocenters. The second-order valence-electron chi connectivity index (χ2n) is 10.0. The number of carbonyl (C=O) groups excluding carboxylic acids is 1. The molecule has 5 rings (SSSR count). The number of nitrogens with zero attached hydrogens (tertiary/aromatic N) is 2. The summed E-state index contributed by atoms with van der Waals surface area (Å²) in [5.41, 5.74) is 2.02. The molecule has 0 aliphatic carbocycles. The van der Waals surface area contributed by atoms with Gasteiger partial charge in [-0.2, -0.15) is 0 Å². The lowest BCUT2D eigenvalue weighted by Crippen LogP contribution is -2.25. The van der Waals surface area contributed by atoms with Crippen molar-refractivity contribution in [3.8, 4) is 16.2 Å². The van der Waals surface area contributed by atoms with Gasteiger partial charge in [0, 0.05) is 33.5 Å². The molecule has 0 spiro atoms. The molecule has 1 aromatic heterocycles. The van der Waals surface area contributed by atoms with E-state index in [1.165, 1.54) is 69.5 Å². The van der Waals surface area contributed by atoms with E-state index in [2.05, 4.69) is 52.3 Å². The fourth-order valence-corrected chi connectivity index (χ4v) is 6.68. The first-order valence-corrected chi connectivity index (χ1v) is 14.3. The quantitative estimate of drug-likeness (QED) is 0.205. The van der Waals surface area contributed by atoms with Gasteiger partial charge in [-0.1, -0.05) is 24.6 Å². The van der Waals surface area contributed by atoms with Crippen LogP contribution in [0.4, 0.5) is 0 Å². The lowest BCUT2D eigenvalue weighted by molar-refractivity contribution is 0.0981. The normalized spacial score (nSPS) is 16.9. The smallest absolute Gasteiger partial charge is 0.164 e. The zero-order chi connectivity index (χ0) is 23.9. The van der Waals surface area contributed by atoms with Crippen molar-refractivity contribution in [3.63, 3.8) is 0 Å². The van der Waals surface area contributed by atoms with Crippen LogP contribution in [0.2, 0.25) is 0 Å². The summed E-state index contributed by atoms with van der Waals surface area (Å²) < 4.78 is 7.19. The van der Waals surface area contributed by atoms with Crippen molar-refractivity contribution < 1.29 is 9.53 Å². The second kappa shape index (κ2) is 12.2. The van der Waals surface area contributed by atoms with E-state index in [9.17, 15) is 4.79 Å². The zero-order valence-electron chi connectivity index (χ0n) is 20.8. The average Bonchev–Trinajstić information content (AvgIpc) is 3.65. The first-order chi connectivity index (χ1) is 17.3. The predicted octanol–water partition coefficient (Wildman–Crippen LogP) is 6.88. The Balaban J connectivity index is 1.22. The minimum Gasteiger partial charge on any atom is -0.492 e. The van der Waals surface area contributed by atoms with Gasteiger partial charge in [-0.3, -0.25) is 9.69 Å². The number of hydrogen-bond acceptors (Lipinski definition) is 5. The molecule has 0 amide bonds. The van der Waals surface area contributed by atoms with Crippen LogP contribution in [-0.4, -0.2) is 61.5 Å². The lowest BCUT2D eigenvalue weighted by atomic mass is 9.98. The van der Waals surface area contributed by atoms with E-state index >= 15 is 0 Å². The number of thiophene rings is 1. The first kappa shape index (κ1) is 24.5. The summed E-state index contributed by atoms with van der Waals surface area (Å²) in [5, 5.41) is 1.10. The van der Waals surface area contributed by atoms with E-state index in [4.69, 9.17) is 4.74 Å². The number of Topliss-reactive ketones (excluding diaryl/α,β-unsaturated/α-hetero) is 1. The standard InChI is InChI=1S/C30H38N2O2S/c33-27(11-2-1-5-17-31-18-6-7-19-31)29-26-10-3-4-12-28(26)35-30(29)24-13-15-25(16-14-24)34-23-22-32-20-8-9-21-32/h3-4,10,12-16H,1-2,5-9,11,17-23H2. The summed E-state index contributed by atoms with van der Waals surface area (Å²) in [7, 11) is 0. The fourth-order valence-electron chi connectivity index (χ4n) is 5.46. The molecule has 0 unspecified atom stereocenters. The van der Waals surface area contributed by atoms with Gasteiger partial charge in [0.1, 0.15) is 12.4 Å². The van der Waals surface area contributed by atoms with Gasteiger partial charge < -0.3 is 9.64 Å². The van der Waals surface area contributed by atoms with Crippen molar-refractivity contribution in [2.24, 2.45) is 0 Å². The summed E-state index contributed by atoms with van der Waals surface area (Å²) >= 11 is 1.73. The topological polar surface area (TPSA) is 32.8 Å². The molecule has 186 valence electrons. The van der Waals surface area contributed by atoms with Crippen LogP contribution in [0.25, 0.3) is 20.5 Å². The number of fused-ring (bicyclic) bond motifs is 1. The summed E-state index contributed by atoms with van der Waals surface area (Å²) in [6.07, 6.45) is 9.24. The van der Waals surface area contributed by atoms with E-state index in [1.54, 1.807) is 11.3 Å². The molecule has 0 radical (unpaired) electrons. The number of carbonyl (C=O) groups is 1. The maximum Gasteiger partial charge on any atom is 0.164 e. The molecule has 0 bridgehead atoms. The predicted molar refractivity (Wildman–Crippen MR) is 147 cm³/mol. The zero-order valence-corrected chi connectivity index (χ0v) is 21.7. The Morgan fingerprint density at radius 2 is 1.49 bits per heavy atom. The molecule has 0 saturated carbocycles. The van der Waals surface area contributed by atoms with E-state index < -0.39 is 0 Å². The van der Waals surface area contributed by atoms with Crippen LogP contribution in [0.15, 0.2) is 48.5 Å². The molecule has 2 aliphatic heterocycles. The van der Waals surface area contributed by atoms with E-state index in [0.717, 1.165) is 53.1 Å². The summed E-state index contributed by atoms with van der Waals surface area (Å²) in [6.45, 7) is 7.82. The molecule has 35 heavy (non-hydrogen) atoms. The minimum atomic E-state index is 0.282. The van der Waals surface area contributed by atoms with Crippen LogP contribution in [0.5, 0.6) is 5.75 Å². The summed E-state index contributed by atoms with van der Waals surface area (Å²) in [6, 6.07) is 16.7. The highest BCUT2D eigenvalue weighted by molar-refractivity contribution is 7.22. The highest BCUT2D eigenvalue weighted by Gasteiger charge is 2.20. The second-order valence-corrected chi connectivity index (χ2v) is 11.1. The Morgan fingerprint density at radius 1 is 0.800 bits per heavy atom. The Morgan fingerprint density at radius 3 is 2.23 bits per heavy atom. The van der Waals surface area contributed by atoms with Crippen molar-refractivity contribution >= 4 is 27.2 Å². The highest BCUT2D eigenvalue weighted by atomic mass is 32.1. The third-order valence-corrected chi connectivity index (χ3v) is 8.66. The number of ketones is 1. The maximum atomic E-state index is 13.4. The van der Waals surface area contributed by atoms with Crippen molar-refractivity contribution in [1.29, 1.82) is 0 Å². The minimum absolute atomic E-state index is 0.282. The van der Waals surface area contributed by atoms with Gasteiger partial charge in [0.25, 0.3) is 0 Å². The number of likely N-dealkylation sites (tertiary alicyclic amines) is 2. The maximum absolute atomic E-state index is 13.4. The third-order valence-electron chi connectivity index (χ3n) is 7.44. The Hall–Kier alpha value is -2.21. The molecule has 2 aliphatic rings.